The van der Waals surface area contributed by atoms with Crippen LogP contribution in [0.1, 0.15) is 12.5 Å². The van der Waals surface area contributed by atoms with Gasteiger partial charge in [0.25, 0.3) is 5.91 Å². The van der Waals surface area contributed by atoms with Crippen molar-refractivity contribution in [3.05, 3.63) is 41.0 Å². The van der Waals surface area contributed by atoms with Gasteiger partial charge in [0.1, 0.15) is 0 Å². The molecule has 0 bridgehead atoms. The van der Waals surface area contributed by atoms with E-state index in [9.17, 15) is 4.79 Å². The summed E-state index contributed by atoms with van der Waals surface area (Å²) < 4.78 is 0. The molecule has 0 unspecified atom stereocenters. The maximum atomic E-state index is 12.3. The Morgan fingerprint density at radius 3 is 2.47 bits per heavy atom. The Hall–Kier alpha value is -1.61. The van der Waals surface area contributed by atoms with Crippen LogP contribution >= 0.6 is 0 Å². The lowest BCUT2D eigenvalue weighted by Gasteiger charge is -2.25. The van der Waals surface area contributed by atoms with E-state index in [1.165, 1.54) is 5.57 Å². The quantitative estimate of drug-likeness (QED) is 0.787. The first kappa shape index (κ1) is 11.9. The van der Waals surface area contributed by atoms with Crippen LogP contribution in [0.25, 0.3) is 0 Å². The van der Waals surface area contributed by atoms with Crippen molar-refractivity contribution in [1.29, 1.82) is 0 Å². The van der Waals surface area contributed by atoms with E-state index in [4.69, 9.17) is 0 Å². The van der Waals surface area contributed by atoms with Crippen LogP contribution in [0.4, 0.5) is 5.69 Å². The second-order valence-corrected chi connectivity index (χ2v) is 4.48. The number of amides is 1. The zero-order valence-corrected chi connectivity index (χ0v) is 10.6. The van der Waals surface area contributed by atoms with Gasteiger partial charge in [0.15, 0.2) is 0 Å². The van der Waals surface area contributed by atoms with E-state index in [2.05, 4.69) is 5.32 Å². The summed E-state index contributed by atoms with van der Waals surface area (Å²) in [5.41, 5.74) is 4.18. The second-order valence-electron chi connectivity index (χ2n) is 4.48. The van der Waals surface area contributed by atoms with Crippen LogP contribution in [0.3, 0.4) is 0 Å². The lowest BCUT2D eigenvalue weighted by atomic mass is 10.0. The fourth-order valence-corrected chi connectivity index (χ4v) is 1.97. The summed E-state index contributed by atoms with van der Waals surface area (Å²) in [6, 6.07) is 7.94. The summed E-state index contributed by atoms with van der Waals surface area (Å²) in [6.45, 7) is 5.62. The molecule has 1 heterocycles. The number of nitrogens with zero attached hydrogens (tertiary/aromatic N) is 1. The normalized spacial score (nSPS) is 14.2. The van der Waals surface area contributed by atoms with Gasteiger partial charge in [-0.25, -0.2) is 0 Å². The molecule has 1 aromatic rings. The molecule has 3 nitrogen and oxygen atoms in total. The van der Waals surface area contributed by atoms with E-state index in [-0.39, 0.29) is 5.91 Å². The predicted molar refractivity (Wildman–Crippen MR) is 70.2 cm³/mol. The molecule has 17 heavy (non-hydrogen) atoms. The highest BCUT2D eigenvalue weighted by atomic mass is 16.2. The van der Waals surface area contributed by atoms with Crippen LogP contribution in [-0.2, 0) is 4.79 Å². The molecule has 90 valence electrons. The molecular weight excluding hydrogens is 212 g/mol. The summed E-state index contributed by atoms with van der Waals surface area (Å²) >= 11 is 0. The lowest BCUT2D eigenvalue weighted by molar-refractivity contribution is -0.114. The van der Waals surface area contributed by atoms with Crippen molar-refractivity contribution in [3.8, 4) is 0 Å². The molecule has 0 radical (unpaired) electrons. The maximum absolute atomic E-state index is 12.3. The summed E-state index contributed by atoms with van der Waals surface area (Å²) in [6.07, 6.45) is 0. The van der Waals surface area contributed by atoms with E-state index < -0.39 is 0 Å². The Kier molecular flexibility index (Phi) is 3.29. The van der Waals surface area contributed by atoms with Gasteiger partial charge in [-0.1, -0.05) is 18.2 Å². The highest BCUT2D eigenvalue weighted by Crippen LogP contribution is 2.21. The maximum Gasteiger partial charge on any atom is 0.253 e. The van der Waals surface area contributed by atoms with Crippen molar-refractivity contribution in [1.82, 2.24) is 5.32 Å². The predicted octanol–water partition coefficient (Wildman–Crippen LogP) is 1.88. The van der Waals surface area contributed by atoms with Crippen LogP contribution in [0.2, 0.25) is 0 Å². The van der Waals surface area contributed by atoms with Gasteiger partial charge in [-0.15, -0.1) is 0 Å². The summed E-state index contributed by atoms with van der Waals surface area (Å²) in [4.78, 5) is 14.0. The highest BCUT2D eigenvalue weighted by molar-refractivity contribution is 6.05. The first-order valence-corrected chi connectivity index (χ1v) is 5.84. The molecule has 3 heteroatoms. The van der Waals surface area contributed by atoms with Crippen LogP contribution < -0.4 is 10.2 Å². The molecule has 1 N–H and O–H groups in total. The Balaban J connectivity index is 2.23. The van der Waals surface area contributed by atoms with Gasteiger partial charge in [0, 0.05) is 31.4 Å². The van der Waals surface area contributed by atoms with Crippen molar-refractivity contribution >= 4 is 11.6 Å². The van der Waals surface area contributed by atoms with Gasteiger partial charge in [-0.05, 0) is 31.1 Å². The standard InChI is InChI=1S/C14H18N2O/c1-10-6-4-5-7-13(10)16(3)14(17)11(2)12-8-15-9-12/h4-7,15H,8-9H2,1-3H3. The van der Waals surface area contributed by atoms with Gasteiger partial charge in [-0.2, -0.15) is 0 Å². The summed E-state index contributed by atoms with van der Waals surface area (Å²) in [7, 11) is 1.83. The van der Waals surface area contributed by atoms with Crippen molar-refractivity contribution in [3.63, 3.8) is 0 Å². The molecule has 0 spiro atoms. The third-order valence-corrected chi connectivity index (χ3v) is 3.31. The number of anilines is 1. The van der Waals surface area contributed by atoms with Crippen molar-refractivity contribution < 1.29 is 4.79 Å². The van der Waals surface area contributed by atoms with E-state index in [1.807, 2.05) is 45.2 Å². The summed E-state index contributed by atoms with van der Waals surface area (Å²) in [5, 5.41) is 3.16. The number of aryl methyl sites for hydroxylation is 1. The number of nitrogens with one attached hydrogen (secondary N) is 1. The average Bonchev–Trinajstić information content (AvgIpc) is 2.25. The topological polar surface area (TPSA) is 32.3 Å². The SMILES string of the molecule is CC(C(=O)N(C)c1ccccc1C)=C1CNC1. The smallest absolute Gasteiger partial charge is 0.253 e. The minimum atomic E-state index is 0.0933. The number of carbonyl (C=O) groups is 1. The summed E-state index contributed by atoms with van der Waals surface area (Å²) in [5.74, 6) is 0.0933. The molecule has 1 fully saturated rings. The minimum Gasteiger partial charge on any atom is -0.311 e. The molecule has 0 aromatic heterocycles. The molecule has 2 rings (SSSR count). The molecule has 1 aromatic carbocycles. The van der Waals surface area contributed by atoms with Crippen LogP contribution in [0.15, 0.2) is 35.4 Å². The fraction of sp³-hybridized carbons (Fsp3) is 0.357. The average molecular weight is 230 g/mol. The van der Waals surface area contributed by atoms with Crippen LogP contribution in [-0.4, -0.2) is 26.0 Å². The number of hydrogen-bond acceptors (Lipinski definition) is 2. The van der Waals surface area contributed by atoms with E-state index in [0.29, 0.717) is 0 Å². The van der Waals surface area contributed by atoms with Crippen molar-refractivity contribution in [2.24, 2.45) is 0 Å². The van der Waals surface area contributed by atoms with E-state index in [1.54, 1.807) is 4.90 Å². The Bertz CT molecular complexity index is 471. The fourth-order valence-electron chi connectivity index (χ4n) is 1.97. The highest BCUT2D eigenvalue weighted by Gasteiger charge is 2.20. The van der Waals surface area contributed by atoms with Gasteiger partial charge in [0.05, 0.1) is 0 Å². The molecule has 0 aliphatic carbocycles. The number of para-hydroxylation sites is 1. The van der Waals surface area contributed by atoms with E-state index >= 15 is 0 Å². The minimum absolute atomic E-state index is 0.0933. The zero-order valence-electron chi connectivity index (χ0n) is 10.6. The second kappa shape index (κ2) is 4.72. The molecule has 1 saturated heterocycles. The Morgan fingerprint density at radius 2 is 1.94 bits per heavy atom. The Labute approximate surface area is 102 Å². The number of benzene rings is 1. The van der Waals surface area contributed by atoms with Gasteiger partial charge >= 0.3 is 0 Å². The number of hydrogen-bond donors (Lipinski definition) is 1. The largest absolute Gasteiger partial charge is 0.311 e. The van der Waals surface area contributed by atoms with Crippen molar-refractivity contribution in [2.45, 2.75) is 13.8 Å². The number of carbonyl (C=O) groups excluding carboxylic acids is 1. The Morgan fingerprint density at radius 1 is 1.29 bits per heavy atom. The molecule has 1 amide bonds. The molecule has 0 saturated carbocycles. The molecule has 0 atom stereocenters. The molecular formula is C14H18N2O. The molecule has 1 aliphatic rings. The first-order chi connectivity index (χ1) is 8.11. The van der Waals surface area contributed by atoms with E-state index in [0.717, 1.165) is 29.9 Å². The van der Waals surface area contributed by atoms with Gasteiger partial charge in [-0.3, -0.25) is 4.79 Å². The molecule has 1 aliphatic heterocycles. The first-order valence-electron chi connectivity index (χ1n) is 5.84. The van der Waals surface area contributed by atoms with Gasteiger partial charge < -0.3 is 10.2 Å². The van der Waals surface area contributed by atoms with Crippen molar-refractivity contribution in [2.75, 3.05) is 25.0 Å². The monoisotopic (exact) mass is 230 g/mol. The van der Waals surface area contributed by atoms with Gasteiger partial charge in [0.2, 0.25) is 0 Å². The number of rotatable bonds is 2. The van der Waals surface area contributed by atoms with Crippen LogP contribution in [0.5, 0.6) is 0 Å². The third-order valence-electron chi connectivity index (χ3n) is 3.31. The lowest BCUT2D eigenvalue weighted by Crippen LogP contribution is -2.38. The zero-order chi connectivity index (χ0) is 12.4. The van der Waals surface area contributed by atoms with Crippen LogP contribution in [0, 0.1) is 6.92 Å². The number of likely N-dealkylation sites (N-methyl/N-ethyl adjacent to an activating group) is 1. The third kappa shape index (κ3) is 2.24.